The lowest BCUT2D eigenvalue weighted by Gasteiger charge is -2.34. The van der Waals surface area contributed by atoms with Crippen LogP contribution in [-0.2, 0) is 4.79 Å². The maximum Gasteiger partial charge on any atom is 0.391 e. The summed E-state index contributed by atoms with van der Waals surface area (Å²) in [7, 11) is 0. The van der Waals surface area contributed by atoms with Crippen LogP contribution in [0.25, 0.3) is 0 Å². The molecule has 3 nitrogen and oxygen atoms in total. The first kappa shape index (κ1) is 15.8. The molecule has 2 rings (SSSR count). The molecule has 116 valence electrons. The predicted octanol–water partition coefficient (Wildman–Crippen LogP) is 3.13. The highest BCUT2D eigenvalue weighted by molar-refractivity contribution is 5.76. The third-order valence-corrected chi connectivity index (χ3v) is 3.99. The largest absolute Gasteiger partial charge is 0.481 e. The van der Waals surface area contributed by atoms with Crippen molar-refractivity contribution in [3.05, 3.63) is 35.9 Å². The number of hydrogen-bond acceptors (Lipinski definition) is 2. The van der Waals surface area contributed by atoms with Gasteiger partial charge in [-0.3, -0.25) is 4.79 Å². The lowest BCUT2D eigenvalue weighted by atomic mass is 9.93. The first-order valence-corrected chi connectivity index (χ1v) is 6.94. The molecule has 1 aliphatic rings. The average Bonchev–Trinajstić information content (AvgIpc) is 2.45. The van der Waals surface area contributed by atoms with E-state index >= 15 is 0 Å². The number of alkyl halides is 3. The van der Waals surface area contributed by atoms with Crippen LogP contribution >= 0.6 is 0 Å². The van der Waals surface area contributed by atoms with Crippen LogP contribution < -0.4 is 0 Å². The number of hydrogen-bond donors (Lipinski definition) is 1. The number of benzene rings is 1. The topological polar surface area (TPSA) is 40.5 Å². The van der Waals surface area contributed by atoms with E-state index < -0.39 is 24.0 Å². The van der Waals surface area contributed by atoms with E-state index in [0.717, 1.165) is 0 Å². The molecule has 21 heavy (non-hydrogen) atoms. The van der Waals surface area contributed by atoms with Crippen molar-refractivity contribution < 1.29 is 23.1 Å². The highest BCUT2D eigenvalue weighted by Crippen LogP contribution is 2.34. The number of aliphatic carboxylic acids is 1. The van der Waals surface area contributed by atoms with Crippen molar-refractivity contribution in [2.24, 2.45) is 5.92 Å². The fourth-order valence-corrected chi connectivity index (χ4v) is 2.71. The van der Waals surface area contributed by atoms with Gasteiger partial charge in [-0.1, -0.05) is 30.3 Å². The molecular formula is C15H18F3NO2. The summed E-state index contributed by atoms with van der Waals surface area (Å²) in [5, 5.41) is 9.33. The summed E-state index contributed by atoms with van der Waals surface area (Å²) in [6.45, 7) is 0.839. The lowest BCUT2D eigenvalue weighted by molar-refractivity contribution is -0.185. The molecule has 1 unspecified atom stereocenters. The molecular weight excluding hydrogens is 283 g/mol. The minimum absolute atomic E-state index is 0.0463. The molecule has 0 radical (unpaired) electrons. The molecule has 0 bridgehead atoms. The van der Waals surface area contributed by atoms with Gasteiger partial charge >= 0.3 is 12.1 Å². The van der Waals surface area contributed by atoms with Crippen molar-refractivity contribution in [2.45, 2.75) is 24.9 Å². The Morgan fingerprint density at radius 2 is 1.81 bits per heavy atom. The molecule has 1 aromatic rings. The van der Waals surface area contributed by atoms with Crippen molar-refractivity contribution in [3.8, 4) is 0 Å². The second kappa shape index (κ2) is 6.47. The van der Waals surface area contributed by atoms with Crippen LogP contribution in [-0.4, -0.2) is 41.8 Å². The summed E-state index contributed by atoms with van der Waals surface area (Å²) < 4.78 is 37.8. The van der Waals surface area contributed by atoms with Gasteiger partial charge in [-0.25, -0.2) is 0 Å². The maximum atomic E-state index is 12.6. The van der Waals surface area contributed by atoms with Gasteiger partial charge in [-0.2, -0.15) is 13.2 Å². The third kappa shape index (κ3) is 4.20. The predicted molar refractivity (Wildman–Crippen MR) is 72.0 cm³/mol. The summed E-state index contributed by atoms with van der Waals surface area (Å²) in [6, 6.07) is 8.81. The van der Waals surface area contributed by atoms with Gasteiger partial charge in [0.05, 0.1) is 11.8 Å². The van der Waals surface area contributed by atoms with Gasteiger partial charge in [0.1, 0.15) is 0 Å². The highest BCUT2D eigenvalue weighted by atomic mass is 19.4. The van der Waals surface area contributed by atoms with E-state index in [2.05, 4.69) is 0 Å². The second-order valence-electron chi connectivity index (χ2n) is 5.42. The lowest BCUT2D eigenvalue weighted by Crippen LogP contribution is -2.41. The Morgan fingerprint density at radius 1 is 1.24 bits per heavy atom. The molecule has 0 aliphatic carbocycles. The standard InChI is InChI=1S/C15H18F3NO2/c16-15(17,18)12-6-8-19(9-7-12)10-13(14(20)21)11-4-2-1-3-5-11/h1-5,12-13H,6-10H2,(H,20,21). The van der Waals surface area contributed by atoms with Crippen molar-refractivity contribution in [1.82, 2.24) is 4.90 Å². The SMILES string of the molecule is O=C(O)C(CN1CCC(C(F)(F)F)CC1)c1ccccc1. The Kier molecular flexibility index (Phi) is 4.88. The van der Waals surface area contributed by atoms with Gasteiger partial charge in [0, 0.05) is 6.54 Å². The van der Waals surface area contributed by atoms with Crippen LogP contribution in [0.5, 0.6) is 0 Å². The molecule has 1 saturated heterocycles. The van der Waals surface area contributed by atoms with Crippen molar-refractivity contribution in [1.29, 1.82) is 0 Å². The number of carboxylic acids is 1. The van der Waals surface area contributed by atoms with Crippen LogP contribution in [0.1, 0.15) is 24.3 Å². The zero-order valence-corrected chi connectivity index (χ0v) is 11.5. The number of carboxylic acid groups (broad SMARTS) is 1. The van der Waals surface area contributed by atoms with Crippen LogP contribution in [0, 0.1) is 5.92 Å². The Labute approximate surface area is 121 Å². The summed E-state index contributed by atoms with van der Waals surface area (Å²) in [6.07, 6.45) is -4.05. The molecule has 6 heteroatoms. The van der Waals surface area contributed by atoms with Crippen LogP contribution in [0.4, 0.5) is 13.2 Å². The number of carbonyl (C=O) groups is 1. The Hall–Kier alpha value is -1.56. The number of nitrogens with zero attached hydrogens (tertiary/aromatic N) is 1. The quantitative estimate of drug-likeness (QED) is 0.929. The Balaban J connectivity index is 1.96. The van der Waals surface area contributed by atoms with Crippen LogP contribution in [0.2, 0.25) is 0 Å². The fourth-order valence-electron chi connectivity index (χ4n) is 2.71. The molecule has 0 saturated carbocycles. The van der Waals surface area contributed by atoms with E-state index in [0.29, 0.717) is 18.7 Å². The molecule has 1 aliphatic heterocycles. The molecule has 0 aromatic heterocycles. The maximum absolute atomic E-state index is 12.6. The number of likely N-dealkylation sites (tertiary alicyclic amines) is 1. The molecule has 0 spiro atoms. The zero-order chi connectivity index (χ0) is 15.5. The van der Waals surface area contributed by atoms with Gasteiger partial charge in [-0.15, -0.1) is 0 Å². The first-order chi connectivity index (χ1) is 9.88. The molecule has 1 aromatic carbocycles. The normalized spacial score (nSPS) is 19.4. The molecule has 1 heterocycles. The summed E-state index contributed by atoms with van der Waals surface area (Å²) in [5.74, 6) is -2.90. The van der Waals surface area contributed by atoms with E-state index in [4.69, 9.17) is 0 Å². The Morgan fingerprint density at radius 3 is 2.29 bits per heavy atom. The summed E-state index contributed by atoms with van der Waals surface area (Å²) in [5.41, 5.74) is 0.683. The minimum Gasteiger partial charge on any atom is -0.481 e. The highest BCUT2D eigenvalue weighted by Gasteiger charge is 2.41. The van der Waals surface area contributed by atoms with E-state index in [-0.39, 0.29) is 19.4 Å². The second-order valence-corrected chi connectivity index (χ2v) is 5.42. The average molecular weight is 301 g/mol. The van der Waals surface area contributed by atoms with E-state index in [1.54, 1.807) is 30.3 Å². The molecule has 1 N–H and O–H groups in total. The van der Waals surface area contributed by atoms with Gasteiger partial charge in [0.25, 0.3) is 0 Å². The number of rotatable bonds is 4. The minimum atomic E-state index is -4.14. The summed E-state index contributed by atoms with van der Waals surface area (Å²) in [4.78, 5) is 13.2. The first-order valence-electron chi connectivity index (χ1n) is 6.94. The molecule has 1 atom stereocenters. The molecule has 0 amide bonds. The molecule has 1 fully saturated rings. The third-order valence-electron chi connectivity index (χ3n) is 3.99. The number of piperidine rings is 1. The zero-order valence-electron chi connectivity index (χ0n) is 11.5. The van der Waals surface area contributed by atoms with Gasteiger partial charge in [0.2, 0.25) is 0 Å². The van der Waals surface area contributed by atoms with Gasteiger partial charge in [0.15, 0.2) is 0 Å². The fraction of sp³-hybridized carbons (Fsp3) is 0.533. The number of halogens is 3. The monoisotopic (exact) mass is 301 g/mol. The van der Waals surface area contributed by atoms with Crippen molar-refractivity contribution >= 4 is 5.97 Å². The van der Waals surface area contributed by atoms with Crippen molar-refractivity contribution in [3.63, 3.8) is 0 Å². The van der Waals surface area contributed by atoms with Crippen LogP contribution in [0.3, 0.4) is 0 Å². The van der Waals surface area contributed by atoms with E-state index in [1.165, 1.54) is 0 Å². The van der Waals surface area contributed by atoms with E-state index in [9.17, 15) is 23.1 Å². The smallest absolute Gasteiger partial charge is 0.391 e. The van der Waals surface area contributed by atoms with Crippen LogP contribution in [0.15, 0.2) is 30.3 Å². The van der Waals surface area contributed by atoms with Gasteiger partial charge < -0.3 is 10.0 Å². The van der Waals surface area contributed by atoms with Crippen molar-refractivity contribution in [2.75, 3.05) is 19.6 Å². The summed E-state index contributed by atoms with van der Waals surface area (Å²) >= 11 is 0. The van der Waals surface area contributed by atoms with E-state index in [1.807, 2.05) is 4.90 Å². The Bertz CT molecular complexity index is 468. The van der Waals surface area contributed by atoms with Gasteiger partial charge in [-0.05, 0) is 31.5 Å².